The lowest BCUT2D eigenvalue weighted by Crippen LogP contribution is -2.02. The van der Waals surface area contributed by atoms with Gasteiger partial charge in [0, 0.05) is 5.33 Å². The molecular formula is C10H11Br2F. The van der Waals surface area contributed by atoms with Crippen LogP contribution in [0.2, 0.25) is 0 Å². The highest BCUT2D eigenvalue weighted by molar-refractivity contribution is 9.10. The summed E-state index contributed by atoms with van der Waals surface area (Å²) in [7, 11) is 0. The average Bonchev–Trinajstić information content (AvgIpc) is 2.13. The first-order valence-electron chi connectivity index (χ1n) is 4.14. The Kier molecular flexibility index (Phi) is 4.39. The van der Waals surface area contributed by atoms with Gasteiger partial charge in [0.2, 0.25) is 0 Å². The molecule has 0 N–H and O–H groups in total. The zero-order valence-electron chi connectivity index (χ0n) is 7.36. The molecule has 0 heterocycles. The molecule has 1 unspecified atom stereocenters. The highest BCUT2D eigenvalue weighted by Crippen LogP contribution is 2.21. The largest absolute Gasteiger partial charge is 0.205 e. The van der Waals surface area contributed by atoms with Crippen LogP contribution in [0.4, 0.5) is 4.39 Å². The van der Waals surface area contributed by atoms with Gasteiger partial charge in [-0.25, -0.2) is 4.39 Å². The predicted molar refractivity (Wildman–Crippen MR) is 60.8 cm³/mol. The van der Waals surface area contributed by atoms with Gasteiger partial charge in [0.25, 0.3) is 0 Å². The second-order valence-electron chi connectivity index (χ2n) is 3.18. The minimum absolute atomic E-state index is 0.129. The Morgan fingerprint density at radius 1 is 1.46 bits per heavy atom. The van der Waals surface area contributed by atoms with Gasteiger partial charge in [-0.2, -0.15) is 0 Å². The molecule has 1 aromatic rings. The van der Waals surface area contributed by atoms with Crippen molar-refractivity contribution in [2.45, 2.75) is 13.3 Å². The number of hydrogen-bond donors (Lipinski definition) is 0. The average molecular weight is 310 g/mol. The lowest BCUT2D eigenvalue weighted by atomic mass is 10.0. The molecule has 0 spiro atoms. The third-order valence-electron chi connectivity index (χ3n) is 1.86. The van der Waals surface area contributed by atoms with Crippen LogP contribution < -0.4 is 0 Å². The van der Waals surface area contributed by atoms with E-state index in [1.54, 1.807) is 6.07 Å². The van der Waals surface area contributed by atoms with Crippen molar-refractivity contribution in [3.63, 3.8) is 0 Å². The van der Waals surface area contributed by atoms with Crippen molar-refractivity contribution >= 4 is 31.9 Å². The third-order valence-corrected chi connectivity index (χ3v) is 3.58. The van der Waals surface area contributed by atoms with Crippen molar-refractivity contribution in [3.05, 3.63) is 34.1 Å². The second-order valence-corrected chi connectivity index (χ2v) is 4.68. The van der Waals surface area contributed by atoms with E-state index in [1.807, 2.05) is 12.1 Å². The quantitative estimate of drug-likeness (QED) is 0.735. The molecule has 0 fully saturated rings. The van der Waals surface area contributed by atoms with E-state index in [0.717, 1.165) is 17.3 Å². The lowest BCUT2D eigenvalue weighted by Gasteiger charge is -2.08. The van der Waals surface area contributed by atoms with Gasteiger partial charge in [-0.1, -0.05) is 35.0 Å². The van der Waals surface area contributed by atoms with Crippen molar-refractivity contribution in [2.24, 2.45) is 5.92 Å². The minimum atomic E-state index is -0.129. The fourth-order valence-corrected chi connectivity index (χ4v) is 1.77. The molecule has 13 heavy (non-hydrogen) atoms. The molecule has 0 aliphatic heterocycles. The molecule has 0 bridgehead atoms. The second kappa shape index (κ2) is 5.11. The van der Waals surface area contributed by atoms with Gasteiger partial charge >= 0.3 is 0 Å². The number of hydrogen-bond acceptors (Lipinski definition) is 0. The van der Waals surface area contributed by atoms with Crippen molar-refractivity contribution in [3.8, 4) is 0 Å². The Labute approximate surface area is 94.8 Å². The summed E-state index contributed by atoms with van der Waals surface area (Å²) in [5, 5.41) is 0.902. The molecule has 0 aliphatic rings. The standard InChI is InChI=1S/C10H11Br2F/c1-7(6-11)5-8-3-2-4-9(12)10(8)13/h2-4,7H,5-6H2,1H3. The van der Waals surface area contributed by atoms with Crippen molar-refractivity contribution in [1.29, 1.82) is 0 Å². The fourth-order valence-electron chi connectivity index (χ4n) is 1.14. The molecular weight excluding hydrogens is 299 g/mol. The van der Waals surface area contributed by atoms with E-state index in [9.17, 15) is 4.39 Å². The van der Waals surface area contributed by atoms with E-state index in [-0.39, 0.29) is 5.82 Å². The normalized spacial score (nSPS) is 12.9. The number of benzene rings is 1. The summed E-state index contributed by atoms with van der Waals surface area (Å²) in [6, 6.07) is 5.42. The van der Waals surface area contributed by atoms with Crippen molar-refractivity contribution in [1.82, 2.24) is 0 Å². The first-order chi connectivity index (χ1) is 6.15. The van der Waals surface area contributed by atoms with Crippen LogP contribution in [-0.4, -0.2) is 5.33 Å². The van der Waals surface area contributed by atoms with Gasteiger partial charge in [-0.15, -0.1) is 0 Å². The molecule has 1 rings (SSSR count). The van der Waals surface area contributed by atoms with Crippen LogP contribution in [0.25, 0.3) is 0 Å². The highest BCUT2D eigenvalue weighted by atomic mass is 79.9. The number of halogens is 3. The van der Waals surface area contributed by atoms with E-state index in [0.29, 0.717) is 10.4 Å². The first-order valence-corrected chi connectivity index (χ1v) is 6.05. The van der Waals surface area contributed by atoms with Gasteiger partial charge in [0.05, 0.1) is 4.47 Å². The molecule has 72 valence electrons. The molecule has 0 saturated carbocycles. The zero-order valence-corrected chi connectivity index (χ0v) is 10.5. The Bertz CT molecular complexity index is 286. The van der Waals surface area contributed by atoms with Crippen LogP contribution in [0.5, 0.6) is 0 Å². The summed E-state index contributed by atoms with van der Waals surface area (Å²) in [4.78, 5) is 0. The van der Waals surface area contributed by atoms with Gasteiger partial charge in [0.15, 0.2) is 0 Å². The lowest BCUT2D eigenvalue weighted by molar-refractivity contribution is 0.574. The van der Waals surface area contributed by atoms with E-state index in [2.05, 4.69) is 38.8 Å². The fraction of sp³-hybridized carbons (Fsp3) is 0.400. The van der Waals surface area contributed by atoms with E-state index in [1.165, 1.54) is 0 Å². The molecule has 1 atom stereocenters. The van der Waals surface area contributed by atoms with Crippen molar-refractivity contribution < 1.29 is 4.39 Å². The van der Waals surface area contributed by atoms with Crippen LogP contribution in [0.3, 0.4) is 0 Å². The van der Waals surface area contributed by atoms with Gasteiger partial charge in [-0.05, 0) is 39.9 Å². The van der Waals surface area contributed by atoms with Crippen LogP contribution >= 0.6 is 31.9 Å². The zero-order chi connectivity index (χ0) is 9.84. The molecule has 0 nitrogen and oxygen atoms in total. The first kappa shape index (κ1) is 11.2. The molecule has 0 amide bonds. The molecule has 0 saturated heterocycles. The predicted octanol–water partition coefficient (Wildman–Crippen LogP) is 4.16. The maximum Gasteiger partial charge on any atom is 0.140 e. The smallest absolute Gasteiger partial charge is 0.140 e. The number of rotatable bonds is 3. The summed E-state index contributed by atoms with van der Waals surface area (Å²) >= 11 is 6.55. The molecule has 1 aromatic carbocycles. The van der Waals surface area contributed by atoms with Crippen LogP contribution in [0.15, 0.2) is 22.7 Å². The Morgan fingerprint density at radius 3 is 2.77 bits per heavy atom. The summed E-state index contributed by atoms with van der Waals surface area (Å²) in [5.41, 5.74) is 0.779. The van der Waals surface area contributed by atoms with E-state index < -0.39 is 0 Å². The Hall–Kier alpha value is 0.110. The van der Waals surface area contributed by atoms with Gasteiger partial charge in [-0.3, -0.25) is 0 Å². The van der Waals surface area contributed by atoms with E-state index in [4.69, 9.17) is 0 Å². The summed E-state index contributed by atoms with van der Waals surface area (Å²) in [6.07, 6.45) is 0.774. The third kappa shape index (κ3) is 3.06. The minimum Gasteiger partial charge on any atom is -0.205 e. The van der Waals surface area contributed by atoms with Crippen LogP contribution in [0, 0.1) is 11.7 Å². The van der Waals surface area contributed by atoms with Gasteiger partial charge in [0.1, 0.15) is 5.82 Å². The van der Waals surface area contributed by atoms with Gasteiger partial charge < -0.3 is 0 Å². The maximum atomic E-state index is 13.4. The topological polar surface area (TPSA) is 0 Å². The molecule has 0 radical (unpaired) electrons. The Morgan fingerprint density at radius 2 is 2.15 bits per heavy atom. The number of alkyl halides is 1. The SMILES string of the molecule is CC(CBr)Cc1cccc(Br)c1F. The Balaban J connectivity index is 2.83. The summed E-state index contributed by atoms with van der Waals surface area (Å²) in [6.45, 7) is 2.09. The van der Waals surface area contributed by atoms with Crippen LogP contribution in [-0.2, 0) is 6.42 Å². The molecule has 0 aliphatic carbocycles. The van der Waals surface area contributed by atoms with Crippen molar-refractivity contribution in [2.75, 3.05) is 5.33 Å². The maximum absolute atomic E-state index is 13.4. The summed E-state index contributed by atoms with van der Waals surface area (Å²) in [5.74, 6) is 0.332. The van der Waals surface area contributed by atoms with E-state index >= 15 is 0 Å². The van der Waals surface area contributed by atoms with Crippen LogP contribution in [0.1, 0.15) is 12.5 Å². The monoisotopic (exact) mass is 308 g/mol. The molecule has 0 aromatic heterocycles. The highest BCUT2D eigenvalue weighted by Gasteiger charge is 2.08. The molecule has 3 heteroatoms. The summed E-state index contributed by atoms with van der Waals surface area (Å²) < 4.78 is 14.0.